The Bertz CT molecular complexity index is 958. The lowest BCUT2D eigenvalue weighted by Gasteiger charge is -2.30. The number of carbonyl (C=O) groups is 1. The summed E-state index contributed by atoms with van der Waals surface area (Å²) in [5.74, 6) is -0.269. The quantitative estimate of drug-likeness (QED) is 0.421. The SMILES string of the molecule is Cc1cc(Cl)ccc1OC(=O)C1CCN(S(=O)(=O)c2cccnc2Cl)CC1. The number of piperidine rings is 1. The van der Waals surface area contributed by atoms with E-state index in [0.29, 0.717) is 23.6 Å². The summed E-state index contributed by atoms with van der Waals surface area (Å²) in [5.41, 5.74) is 0.766. The number of hydrogen-bond donors (Lipinski definition) is 0. The van der Waals surface area contributed by atoms with E-state index in [1.807, 2.05) is 0 Å². The summed E-state index contributed by atoms with van der Waals surface area (Å²) in [5, 5.41) is 0.511. The van der Waals surface area contributed by atoms with Crippen LogP contribution in [0.2, 0.25) is 10.2 Å². The Balaban J connectivity index is 1.65. The summed E-state index contributed by atoms with van der Waals surface area (Å²) in [6.45, 7) is 2.24. The predicted molar refractivity (Wildman–Crippen MR) is 103 cm³/mol. The largest absolute Gasteiger partial charge is 0.426 e. The molecule has 0 unspecified atom stereocenters. The lowest BCUT2D eigenvalue weighted by atomic mass is 9.98. The topological polar surface area (TPSA) is 76.6 Å². The Labute approximate surface area is 168 Å². The van der Waals surface area contributed by atoms with Gasteiger partial charge < -0.3 is 4.74 Å². The number of sulfonamides is 1. The molecule has 1 saturated heterocycles. The maximum Gasteiger partial charge on any atom is 0.314 e. The molecule has 0 N–H and O–H groups in total. The first kappa shape index (κ1) is 20.1. The summed E-state index contributed by atoms with van der Waals surface area (Å²) in [4.78, 5) is 16.2. The molecule has 0 amide bonds. The number of hydrogen-bond acceptors (Lipinski definition) is 5. The van der Waals surface area contributed by atoms with E-state index in [0.717, 1.165) is 5.56 Å². The van der Waals surface area contributed by atoms with Crippen LogP contribution in [0, 0.1) is 12.8 Å². The molecule has 0 spiro atoms. The van der Waals surface area contributed by atoms with Gasteiger partial charge in [0.2, 0.25) is 10.0 Å². The van der Waals surface area contributed by atoms with E-state index in [1.165, 1.54) is 22.6 Å². The number of halogens is 2. The molecule has 27 heavy (non-hydrogen) atoms. The van der Waals surface area contributed by atoms with Gasteiger partial charge in [-0.15, -0.1) is 0 Å². The van der Waals surface area contributed by atoms with Crippen LogP contribution in [0.15, 0.2) is 41.4 Å². The predicted octanol–water partition coefficient (Wildman–Crippen LogP) is 3.70. The Morgan fingerprint density at radius 2 is 1.93 bits per heavy atom. The van der Waals surface area contributed by atoms with Crippen LogP contribution in [-0.2, 0) is 14.8 Å². The molecule has 0 aliphatic carbocycles. The van der Waals surface area contributed by atoms with Crippen molar-refractivity contribution in [2.75, 3.05) is 13.1 Å². The van der Waals surface area contributed by atoms with Crippen molar-refractivity contribution in [1.29, 1.82) is 0 Å². The second kappa shape index (κ2) is 8.14. The second-order valence-electron chi connectivity index (χ2n) is 6.30. The van der Waals surface area contributed by atoms with Crippen molar-refractivity contribution in [1.82, 2.24) is 9.29 Å². The van der Waals surface area contributed by atoms with Gasteiger partial charge in [-0.3, -0.25) is 4.79 Å². The highest BCUT2D eigenvalue weighted by Crippen LogP contribution is 2.29. The van der Waals surface area contributed by atoms with E-state index < -0.39 is 10.0 Å². The average Bonchev–Trinajstić information content (AvgIpc) is 2.64. The molecule has 1 aliphatic rings. The van der Waals surface area contributed by atoms with Crippen molar-refractivity contribution < 1.29 is 17.9 Å². The third-order valence-corrected chi connectivity index (χ3v) is 7.06. The zero-order valence-corrected chi connectivity index (χ0v) is 16.9. The van der Waals surface area contributed by atoms with Gasteiger partial charge in [-0.05, 0) is 55.7 Å². The third-order valence-electron chi connectivity index (χ3n) is 4.48. The number of ether oxygens (including phenoxy) is 1. The maximum atomic E-state index is 12.7. The van der Waals surface area contributed by atoms with Crippen LogP contribution < -0.4 is 4.74 Å². The molecule has 1 aromatic carbocycles. The average molecular weight is 429 g/mol. The smallest absolute Gasteiger partial charge is 0.314 e. The summed E-state index contributed by atoms with van der Waals surface area (Å²) in [7, 11) is -3.74. The van der Waals surface area contributed by atoms with E-state index in [2.05, 4.69) is 4.98 Å². The standard InChI is InChI=1S/C18H18Cl2N2O4S/c1-12-11-14(19)4-5-15(12)26-18(23)13-6-9-22(10-7-13)27(24,25)16-3-2-8-21-17(16)20/h2-5,8,11,13H,6-7,9-10H2,1H3. The van der Waals surface area contributed by atoms with Crippen LogP contribution in [0.4, 0.5) is 0 Å². The van der Waals surface area contributed by atoms with Crippen LogP contribution in [0.3, 0.4) is 0 Å². The van der Waals surface area contributed by atoms with Crippen LogP contribution in [0.5, 0.6) is 5.75 Å². The Morgan fingerprint density at radius 3 is 2.56 bits per heavy atom. The summed E-state index contributed by atoms with van der Waals surface area (Å²) >= 11 is 11.8. The van der Waals surface area contributed by atoms with Crippen molar-refractivity contribution in [3.63, 3.8) is 0 Å². The van der Waals surface area contributed by atoms with Crippen LogP contribution >= 0.6 is 23.2 Å². The number of benzene rings is 1. The molecule has 144 valence electrons. The third kappa shape index (κ3) is 4.43. The van der Waals surface area contributed by atoms with E-state index in [-0.39, 0.29) is 35.0 Å². The highest BCUT2D eigenvalue weighted by molar-refractivity contribution is 7.89. The monoisotopic (exact) mass is 428 g/mol. The molecule has 2 heterocycles. The molecule has 0 atom stereocenters. The van der Waals surface area contributed by atoms with Crippen molar-refractivity contribution in [3.8, 4) is 5.75 Å². The molecule has 2 aromatic rings. The fourth-order valence-electron chi connectivity index (χ4n) is 2.95. The minimum atomic E-state index is -3.74. The minimum absolute atomic E-state index is 0.0236. The summed E-state index contributed by atoms with van der Waals surface area (Å²) < 4.78 is 32.2. The van der Waals surface area contributed by atoms with Crippen LogP contribution in [-0.4, -0.2) is 36.8 Å². The van der Waals surface area contributed by atoms with Gasteiger partial charge in [0.15, 0.2) is 0 Å². The molecule has 1 fully saturated rings. The summed E-state index contributed by atoms with van der Waals surface area (Å²) in [6, 6.07) is 7.98. The molecule has 1 aromatic heterocycles. The number of aryl methyl sites for hydroxylation is 1. The van der Waals surface area contributed by atoms with E-state index in [9.17, 15) is 13.2 Å². The van der Waals surface area contributed by atoms with Gasteiger partial charge in [0, 0.05) is 24.3 Å². The zero-order valence-electron chi connectivity index (χ0n) is 14.6. The highest BCUT2D eigenvalue weighted by Gasteiger charge is 2.34. The highest BCUT2D eigenvalue weighted by atomic mass is 35.5. The molecular formula is C18H18Cl2N2O4S. The lowest BCUT2D eigenvalue weighted by molar-refractivity contribution is -0.140. The van der Waals surface area contributed by atoms with E-state index >= 15 is 0 Å². The second-order valence-corrected chi connectivity index (χ2v) is 9.00. The number of aromatic nitrogens is 1. The fourth-order valence-corrected chi connectivity index (χ4v) is 5.08. The first-order chi connectivity index (χ1) is 12.8. The number of esters is 1. The van der Waals surface area contributed by atoms with Crippen LogP contribution in [0.1, 0.15) is 18.4 Å². The van der Waals surface area contributed by atoms with Crippen molar-refractivity contribution in [2.24, 2.45) is 5.92 Å². The van der Waals surface area contributed by atoms with Crippen molar-refractivity contribution in [2.45, 2.75) is 24.7 Å². The molecule has 0 saturated carbocycles. The minimum Gasteiger partial charge on any atom is -0.426 e. The fraction of sp³-hybridized carbons (Fsp3) is 0.333. The first-order valence-electron chi connectivity index (χ1n) is 8.37. The Morgan fingerprint density at radius 1 is 1.22 bits per heavy atom. The van der Waals surface area contributed by atoms with Crippen molar-refractivity contribution in [3.05, 3.63) is 52.3 Å². The summed E-state index contributed by atoms with van der Waals surface area (Å²) in [6.07, 6.45) is 2.19. The molecular weight excluding hydrogens is 411 g/mol. The molecule has 0 bridgehead atoms. The van der Waals surface area contributed by atoms with Gasteiger partial charge in [0.25, 0.3) is 0 Å². The van der Waals surface area contributed by atoms with Gasteiger partial charge >= 0.3 is 5.97 Å². The van der Waals surface area contributed by atoms with E-state index in [1.54, 1.807) is 25.1 Å². The lowest BCUT2D eigenvalue weighted by Crippen LogP contribution is -2.41. The van der Waals surface area contributed by atoms with Crippen LogP contribution in [0.25, 0.3) is 0 Å². The van der Waals surface area contributed by atoms with Gasteiger partial charge in [-0.2, -0.15) is 4.31 Å². The number of nitrogens with zero attached hydrogens (tertiary/aromatic N) is 2. The number of carbonyl (C=O) groups excluding carboxylic acids is 1. The number of pyridine rings is 1. The van der Waals surface area contributed by atoms with Gasteiger partial charge in [0.05, 0.1) is 5.92 Å². The first-order valence-corrected chi connectivity index (χ1v) is 10.6. The molecule has 1 aliphatic heterocycles. The number of rotatable bonds is 4. The molecule has 0 radical (unpaired) electrons. The van der Waals surface area contributed by atoms with Crippen molar-refractivity contribution >= 4 is 39.2 Å². The molecule has 9 heteroatoms. The van der Waals surface area contributed by atoms with Gasteiger partial charge in [0.1, 0.15) is 15.8 Å². The van der Waals surface area contributed by atoms with Gasteiger partial charge in [-0.1, -0.05) is 23.2 Å². The van der Waals surface area contributed by atoms with E-state index in [4.69, 9.17) is 27.9 Å². The molecule has 3 rings (SSSR count). The zero-order chi connectivity index (χ0) is 19.6. The Kier molecular flexibility index (Phi) is 6.05. The maximum absolute atomic E-state index is 12.7. The molecule has 6 nitrogen and oxygen atoms in total. The Hall–Kier alpha value is -1.67. The normalized spacial score (nSPS) is 16.3. The van der Waals surface area contributed by atoms with Gasteiger partial charge in [-0.25, -0.2) is 13.4 Å².